The van der Waals surface area contributed by atoms with Crippen molar-refractivity contribution in [2.45, 2.75) is 25.4 Å². The quantitative estimate of drug-likeness (QED) is 0.591. The van der Waals surface area contributed by atoms with Gasteiger partial charge in [0.15, 0.2) is 6.61 Å². The van der Waals surface area contributed by atoms with Crippen LogP contribution in [-0.2, 0) is 13.6 Å². The highest BCUT2D eigenvalue weighted by molar-refractivity contribution is 7.47. The van der Waals surface area contributed by atoms with E-state index in [-0.39, 0.29) is 0 Å². The second-order valence-corrected chi connectivity index (χ2v) is 5.62. The van der Waals surface area contributed by atoms with Crippen LogP contribution in [0, 0.1) is 6.92 Å². The van der Waals surface area contributed by atoms with Gasteiger partial charge in [-0.1, -0.05) is 6.07 Å². The number of phosphoric ester groups is 1. The van der Waals surface area contributed by atoms with Crippen LogP contribution < -0.4 is 0 Å². The van der Waals surface area contributed by atoms with Crippen molar-refractivity contribution in [2.75, 3.05) is 13.2 Å². The minimum atomic E-state index is -5.46. The molecule has 13 heteroatoms. The Labute approximate surface area is 132 Å². The van der Waals surface area contributed by atoms with Crippen LogP contribution in [0.2, 0.25) is 0 Å². The first-order valence-corrected chi connectivity index (χ1v) is 7.47. The zero-order chi connectivity index (χ0) is 19.0. The summed E-state index contributed by atoms with van der Waals surface area (Å²) in [7, 11) is -5.46. The van der Waals surface area contributed by atoms with Crippen molar-refractivity contribution in [3.63, 3.8) is 0 Å². The molecule has 0 aliphatic heterocycles. The summed E-state index contributed by atoms with van der Waals surface area (Å²) >= 11 is 0. The summed E-state index contributed by atoms with van der Waals surface area (Å²) in [5.41, 5.74) is 1.07. The second-order valence-electron chi connectivity index (χ2n) is 4.16. The van der Waals surface area contributed by atoms with Crippen molar-refractivity contribution in [2.24, 2.45) is 0 Å². The molecule has 0 aliphatic carbocycles. The summed E-state index contributed by atoms with van der Waals surface area (Å²) in [5, 5.41) is 0. The molecule has 0 amide bonds. The van der Waals surface area contributed by atoms with E-state index in [1.807, 2.05) is 25.1 Å². The van der Waals surface area contributed by atoms with Crippen molar-refractivity contribution in [1.82, 2.24) is 4.98 Å². The lowest BCUT2D eigenvalue weighted by atomic mass is 10.4. The van der Waals surface area contributed by atoms with Crippen LogP contribution in [0.25, 0.3) is 0 Å². The Morgan fingerprint density at radius 3 is 2.04 bits per heavy atom. The van der Waals surface area contributed by atoms with Crippen LogP contribution in [0.15, 0.2) is 24.4 Å². The van der Waals surface area contributed by atoms with E-state index in [9.17, 15) is 35.3 Å². The van der Waals surface area contributed by atoms with Gasteiger partial charge in [-0.15, -0.1) is 0 Å². The molecular weight excluding hydrogens is 374 g/mol. The molecular formula is C11H13F7NO4P. The van der Waals surface area contributed by atoms with Gasteiger partial charge in [0.05, 0.1) is 0 Å². The fourth-order valence-corrected chi connectivity index (χ4v) is 1.59. The van der Waals surface area contributed by atoms with Crippen molar-refractivity contribution < 1.29 is 49.2 Å². The van der Waals surface area contributed by atoms with Gasteiger partial charge in [-0.05, 0) is 19.1 Å². The Bertz CT molecular complexity index is 527. The zero-order valence-electron chi connectivity index (χ0n) is 12.0. The molecule has 1 N–H and O–H groups in total. The molecule has 0 saturated heterocycles. The van der Waals surface area contributed by atoms with Gasteiger partial charge in [-0.3, -0.25) is 14.0 Å². The fourth-order valence-electron chi connectivity index (χ4n) is 0.871. The van der Waals surface area contributed by atoms with Crippen molar-refractivity contribution in [3.05, 3.63) is 30.1 Å². The molecule has 0 spiro atoms. The van der Waals surface area contributed by atoms with Gasteiger partial charge >= 0.3 is 26.3 Å². The monoisotopic (exact) mass is 387 g/mol. The molecule has 1 heterocycles. The third-order valence-electron chi connectivity index (χ3n) is 1.94. The highest BCUT2D eigenvalue weighted by Gasteiger charge is 2.44. The van der Waals surface area contributed by atoms with Crippen molar-refractivity contribution in [3.8, 4) is 0 Å². The minimum absolute atomic E-state index is 1.07. The smallest absolute Gasteiger partial charge is 0.302 e. The SMILES string of the molecule is Cc1ccccn1.O=P(O)(OCC(F)(F)F)OCC(F)(F)C(F)F. The topological polar surface area (TPSA) is 68.7 Å². The first-order valence-electron chi connectivity index (χ1n) is 5.97. The highest BCUT2D eigenvalue weighted by Crippen LogP contribution is 2.46. The first kappa shape index (κ1) is 22.8. The summed E-state index contributed by atoms with van der Waals surface area (Å²) in [6, 6.07) is 5.86. The molecule has 0 aromatic carbocycles. The average Bonchev–Trinajstić information content (AvgIpc) is 2.44. The van der Waals surface area contributed by atoms with Crippen LogP contribution in [0.4, 0.5) is 30.7 Å². The van der Waals surface area contributed by atoms with Crippen LogP contribution in [0.5, 0.6) is 0 Å². The number of hydrogen-bond donors (Lipinski definition) is 1. The lowest BCUT2D eigenvalue weighted by molar-refractivity contribution is -0.166. The number of aromatic nitrogens is 1. The Kier molecular flexibility index (Phi) is 8.83. The maximum absolute atomic E-state index is 12.2. The molecule has 0 saturated carbocycles. The van der Waals surface area contributed by atoms with Crippen LogP contribution >= 0.6 is 7.82 Å². The third-order valence-corrected chi connectivity index (χ3v) is 2.85. The van der Waals surface area contributed by atoms with E-state index >= 15 is 0 Å². The molecule has 5 nitrogen and oxygen atoms in total. The first-order chi connectivity index (χ1) is 10.8. The molecule has 1 aromatic rings. The van der Waals surface area contributed by atoms with Gasteiger partial charge < -0.3 is 4.89 Å². The Balaban J connectivity index is 0.000000620. The number of alkyl halides is 7. The predicted octanol–water partition coefficient (Wildman–Crippen LogP) is 3.97. The summed E-state index contributed by atoms with van der Waals surface area (Å²) in [6.45, 7) is -2.50. The van der Waals surface area contributed by atoms with E-state index < -0.39 is 39.6 Å². The molecule has 0 bridgehead atoms. The second kappa shape index (κ2) is 9.30. The van der Waals surface area contributed by atoms with Crippen LogP contribution in [0.1, 0.15) is 5.69 Å². The third kappa shape index (κ3) is 11.3. The number of nitrogens with zero attached hydrogens (tertiary/aromatic N) is 1. The van der Waals surface area contributed by atoms with Gasteiger partial charge in [0, 0.05) is 11.9 Å². The number of hydrogen-bond acceptors (Lipinski definition) is 4. The predicted molar refractivity (Wildman–Crippen MR) is 67.7 cm³/mol. The average molecular weight is 387 g/mol. The number of phosphoric acid groups is 1. The lowest BCUT2D eigenvalue weighted by Gasteiger charge is -2.18. The summed E-state index contributed by atoms with van der Waals surface area (Å²) < 4.78 is 99.1. The van der Waals surface area contributed by atoms with E-state index in [2.05, 4.69) is 14.0 Å². The molecule has 1 unspecified atom stereocenters. The maximum atomic E-state index is 12.2. The van der Waals surface area contributed by atoms with Gasteiger partial charge in [-0.2, -0.15) is 22.0 Å². The lowest BCUT2D eigenvalue weighted by Crippen LogP contribution is -2.32. The minimum Gasteiger partial charge on any atom is -0.302 e. The van der Waals surface area contributed by atoms with Crippen molar-refractivity contribution in [1.29, 1.82) is 0 Å². The van der Waals surface area contributed by atoms with Gasteiger partial charge in [-0.25, -0.2) is 13.3 Å². The Morgan fingerprint density at radius 1 is 1.17 bits per heavy atom. The van der Waals surface area contributed by atoms with Crippen LogP contribution in [0.3, 0.4) is 0 Å². The number of pyridine rings is 1. The highest BCUT2D eigenvalue weighted by atomic mass is 31.2. The molecule has 0 fully saturated rings. The number of halogens is 7. The summed E-state index contributed by atoms with van der Waals surface area (Å²) in [6.07, 6.45) is -7.40. The fraction of sp³-hybridized carbons (Fsp3) is 0.545. The van der Waals surface area contributed by atoms with E-state index in [1.165, 1.54) is 0 Å². The van der Waals surface area contributed by atoms with Crippen LogP contribution in [-0.4, -0.2) is 41.6 Å². The standard InChI is InChI=1S/C6H7N.C5H6F7O4P/c1-6-4-2-3-5-7-6;6-3(7)4(8,9)1-15-17(13,14)16-2-5(10,11)12/h2-5H,1H3;3H,1-2H2,(H,13,14). The molecule has 140 valence electrons. The number of aryl methyl sites for hydroxylation is 1. The Hall–Kier alpha value is -1.23. The summed E-state index contributed by atoms with van der Waals surface area (Å²) in [5.74, 6) is -4.76. The van der Waals surface area contributed by atoms with E-state index in [0.717, 1.165) is 5.69 Å². The maximum Gasteiger partial charge on any atom is 0.472 e. The molecule has 1 aromatic heterocycles. The van der Waals surface area contributed by atoms with Crippen molar-refractivity contribution >= 4 is 7.82 Å². The molecule has 1 rings (SSSR count). The number of rotatable bonds is 6. The van der Waals surface area contributed by atoms with E-state index in [1.54, 1.807) is 6.20 Å². The molecule has 1 atom stereocenters. The molecule has 24 heavy (non-hydrogen) atoms. The van der Waals surface area contributed by atoms with Gasteiger partial charge in [0.2, 0.25) is 0 Å². The molecule has 0 aliphatic rings. The summed E-state index contributed by atoms with van der Waals surface area (Å²) in [4.78, 5) is 12.4. The van der Waals surface area contributed by atoms with Gasteiger partial charge in [0.25, 0.3) is 0 Å². The van der Waals surface area contributed by atoms with E-state index in [0.29, 0.717) is 0 Å². The molecule has 0 radical (unpaired) electrons. The van der Waals surface area contributed by atoms with Gasteiger partial charge in [0.1, 0.15) is 6.61 Å². The zero-order valence-corrected chi connectivity index (χ0v) is 12.9. The normalized spacial score (nSPS) is 14.8. The largest absolute Gasteiger partial charge is 0.472 e. The van der Waals surface area contributed by atoms with E-state index in [4.69, 9.17) is 4.89 Å². The Morgan fingerprint density at radius 2 is 1.71 bits per heavy atom.